The summed E-state index contributed by atoms with van der Waals surface area (Å²) in [6, 6.07) is 12.5. The van der Waals surface area contributed by atoms with Crippen molar-refractivity contribution in [2.75, 3.05) is 26.7 Å². The molecule has 1 heterocycles. The van der Waals surface area contributed by atoms with Gasteiger partial charge in [-0.25, -0.2) is 4.39 Å². The second-order valence-corrected chi connectivity index (χ2v) is 8.48. The topological polar surface area (TPSA) is 70.7 Å². The zero-order valence-electron chi connectivity index (χ0n) is 18.9. The van der Waals surface area contributed by atoms with Gasteiger partial charge in [0.1, 0.15) is 17.6 Å². The summed E-state index contributed by atoms with van der Waals surface area (Å²) in [7, 11) is 1.64. The maximum Gasteiger partial charge on any atom is 0.251 e. The minimum Gasteiger partial charge on any atom is -0.497 e. The number of nitrogens with one attached hydrogen (secondary N) is 2. The second-order valence-electron chi connectivity index (χ2n) is 8.48. The molecule has 2 aromatic carbocycles. The molecule has 3 rings (SSSR count). The molecule has 0 unspecified atom stereocenters. The average Bonchev–Trinajstić information content (AvgIpc) is 3.32. The summed E-state index contributed by atoms with van der Waals surface area (Å²) in [5.41, 5.74) is 1.40. The Labute approximate surface area is 189 Å². The molecule has 0 spiro atoms. The van der Waals surface area contributed by atoms with Crippen LogP contribution in [-0.2, 0) is 4.79 Å². The number of halogens is 1. The molecule has 1 aliphatic rings. The van der Waals surface area contributed by atoms with E-state index in [1.54, 1.807) is 7.11 Å². The molecule has 0 radical (unpaired) electrons. The summed E-state index contributed by atoms with van der Waals surface area (Å²) in [4.78, 5) is 28.0. The fraction of sp³-hybridized carbons (Fsp3) is 0.440. The number of amides is 2. The van der Waals surface area contributed by atoms with Gasteiger partial charge < -0.3 is 15.4 Å². The number of benzene rings is 2. The van der Waals surface area contributed by atoms with Gasteiger partial charge in [0.05, 0.1) is 13.2 Å². The highest BCUT2D eigenvalue weighted by atomic mass is 19.1. The Bertz CT molecular complexity index is 911. The van der Waals surface area contributed by atoms with Gasteiger partial charge in [-0.2, -0.15) is 0 Å². The maximum atomic E-state index is 13.2. The largest absolute Gasteiger partial charge is 0.497 e. The van der Waals surface area contributed by atoms with Crippen molar-refractivity contribution in [3.63, 3.8) is 0 Å². The van der Waals surface area contributed by atoms with Gasteiger partial charge in [0.25, 0.3) is 5.91 Å². The smallest absolute Gasteiger partial charge is 0.251 e. The summed E-state index contributed by atoms with van der Waals surface area (Å²) < 4.78 is 18.5. The fourth-order valence-corrected chi connectivity index (χ4v) is 4.03. The molecule has 1 aliphatic heterocycles. The minimum atomic E-state index is -0.697. The number of carbonyl (C=O) groups excluding carboxylic acids is 2. The first-order valence-corrected chi connectivity index (χ1v) is 11.1. The van der Waals surface area contributed by atoms with E-state index in [4.69, 9.17) is 4.74 Å². The van der Waals surface area contributed by atoms with E-state index >= 15 is 0 Å². The van der Waals surface area contributed by atoms with Crippen molar-refractivity contribution in [3.05, 3.63) is 65.5 Å². The predicted octanol–water partition coefficient (Wildman–Crippen LogP) is 3.54. The zero-order valence-corrected chi connectivity index (χ0v) is 18.9. The van der Waals surface area contributed by atoms with Gasteiger partial charge >= 0.3 is 0 Å². The van der Waals surface area contributed by atoms with E-state index < -0.39 is 17.8 Å². The quantitative estimate of drug-likeness (QED) is 0.625. The van der Waals surface area contributed by atoms with E-state index in [1.165, 1.54) is 24.3 Å². The summed E-state index contributed by atoms with van der Waals surface area (Å²) in [6.07, 6.45) is 2.27. The van der Waals surface area contributed by atoms with Gasteiger partial charge in [0.2, 0.25) is 5.91 Å². The molecule has 0 saturated carbocycles. The standard InChI is InChI=1S/C25H32FN3O3/c1-17(2)23(28-24(30)18-9-11-20(26)12-10-18)25(31)27-16-22(29-13-4-5-14-29)19-7-6-8-21(15-19)32-3/h6-12,15,17,22-23H,4-5,13-14,16H2,1-3H3,(H,27,31)(H,28,30)/t22-,23+/m1/s1. The van der Waals surface area contributed by atoms with Gasteiger partial charge in [-0.15, -0.1) is 0 Å². The van der Waals surface area contributed by atoms with Crippen molar-refractivity contribution in [2.24, 2.45) is 5.92 Å². The normalized spacial score (nSPS) is 15.9. The van der Waals surface area contributed by atoms with Gasteiger partial charge in [0, 0.05) is 12.1 Å². The Kier molecular flexibility index (Phi) is 8.22. The van der Waals surface area contributed by atoms with Crippen LogP contribution >= 0.6 is 0 Å². The summed E-state index contributed by atoms with van der Waals surface area (Å²) >= 11 is 0. The highest BCUT2D eigenvalue weighted by Crippen LogP contribution is 2.27. The number of rotatable bonds is 9. The van der Waals surface area contributed by atoms with Crippen molar-refractivity contribution in [1.29, 1.82) is 0 Å². The van der Waals surface area contributed by atoms with Gasteiger partial charge in [-0.3, -0.25) is 14.5 Å². The molecular formula is C25H32FN3O3. The minimum absolute atomic E-state index is 0.0252. The molecule has 7 heteroatoms. The van der Waals surface area contributed by atoms with E-state index in [2.05, 4.69) is 15.5 Å². The zero-order chi connectivity index (χ0) is 23.1. The van der Waals surface area contributed by atoms with Crippen molar-refractivity contribution in [1.82, 2.24) is 15.5 Å². The number of nitrogens with zero attached hydrogens (tertiary/aromatic N) is 1. The molecule has 0 bridgehead atoms. The van der Waals surface area contributed by atoms with Crippen molar-refractivity contribution in [3.8, 4) is 5.75 Å². The van der Waals surface area contributed by atoms with Gasteiger partial charge in [-0.05, 0) is 73.8 Å². The first-order valence-electron chi connectivity index (χ1n) is 11.1. The molecular weight excluding hydrogens is 409 g/mol. The van der Waals surface area contributed by atoms with E-state index in [9.17, 15) is 14.0 Å². The van der Waals surface area contributed by atoms with Crippen molar-refractivity contribution in [2.45, 2.75) is 38.8 Å². The second kappa shape index (κ2) is 11.1. The van der Waals surface area contributed by atoms with Crippen LogP contribution in [-0.4, -0.2) is 49.5 Å². The lowest BCUT2D eigenvalue weighted by atomic mass is 10.0. The van der Waals surface area contributed by atoms with Crippen LogP contribution in [0.5, 0.6) is 5.75 Å². The Morgan fingerprint density at radius 2 is 1.78 bits per heavy atom. The van der Waals surface area contributed by atoms with Gasteiger partial charge in [0.15, 0.2) is 0 Å². The SMILES string of the molecule is COc1cccc([C@@H](CNC(=O)[C@@H](NC(=O)c2ccc(F)cc2)C(C)C)N2CCCC2)c1. The molecule has 6 nitrogen and oxygen atoms in total. The lowest BCUT2D eigenvalue weighted by molar-refractivity contribution is -0.124. The molecule has 172 valence electrons. The molecule has 2 atom stereocenters. The molecule has 1 saturated heterocycles. The first-order chi connectivity index (χ1) is 15.4. The Morgan fingerprint density at radius 3 is 2.41 bits per heavy atom. The molecule has 1 fully saturated rings. The third-order valence-corrected chi connectivity index (χ3v) is 5.87. The van der Waals surface area contributed by atoms with Crippen LogP contribution in [0.4, 0.5) is 4.39 Å². The highest BCUT2D eigenvalue weighted by Gasteiger charge is 2.28. The Morgan fingerprint density at radius 1 is 1.09 bits per heavy atom. The maximum absolute atomic E-state index is 13.2. The van der Waals surface area contributed by atoms with Crippen LogP contribution in [0.2, 0.25) is 0 Å². The van der Waals surface area contributed by atoms with E-state index in [-0.39, 0.29) is 17.9 Å². The summed E-state index contributed by atoms with van der Waals surface area (Å²) in [5.74, 6) is -0.374. The molecule has 2 amide bonds. The Balaban J connectivity index is 1.69. The van der Waals surface area contributed by atoms with E-state index in [0.717, 1.165) is 37.2 Å². The number of hydrogen-bond donors (Lipinski definition) is 2. The number of ether oxygens (including phenoxy) is 1. The predicted molar refractivity (Wildman–Crippen MR) is 122 cm³/mol. The van der Waals surface area contributed by atoms with Crippen LogP contribution in [0.25, 0.3) is 0 Å². The highest BCUT2D eigenvalue weighted by molar-refractivity contribution is 5.97. The van der Waals surface area contributed by atoms with Crippen molar-refractivity contribution >= 4 is 11.8 Å². The first kappa shape index (κ1) is 23.7. The molecule has 32 heavy (non-hydrogen) atoms. The molecule has 0 aromatic heterocycles. The number of likely N-dealkylation sites (tertiary alicyclic amines) is 1. The van der Waals surface area contributed by atoms with Crippen LogP contribution in [0.1, 0.15) is 48.7 Å². The fourth-order valence-electron chi connectivity index (χ4n) is 4.03. The third-order valence-electron chi connectivity index (χ3n) is 5.87. The van der Waals surface area contributed by atoms with Crippen LogP contribution < -0.4 is 15.4 Å². The average molecular weight is 442 g/mol. The monoisotopic (exact) mass is 441 g/mol. The number of methoxy groups -OCH3 is 1. The van der Waals surface area contributed by atoms with Gasteiger partial charge in [-0.1, -0.05) is 26.0 Å². The summed E-state index contributed by atoms with van der Waals surface area (Å²) in [6.45, 7) is 6.16. The molecule has 0 aliphatic carbocycles. The molecule has 2 aromatic rings. The van der Waals surface area contributed by atoms with E-state index in [0.29, 0.717) is 12.1 Å². The van der Waals surface area contributed by atoms with Crippen LogP contribution in [0.3, 0.4) is 0 Å². The third kappa shape index (κ3) is 6.07. The lowest BCUT2D eigenvalue weighted by Crippen LogP contribution is -2.51. The van der Waals surface area contributed by atoms with Crippen LogP contribution in [0, 0.1) is 11.7 Å². The lowest BCUT2D eigenvalue weighted by Gasteiger charge is -2.30. The number of carbonyl (C=O) groups is 2. The Hall–Kier alpha value is -2.93. The molecule has 2 N–H and O–H groups in total. The van der Waals surface area contributed by atoms with E-state index in [1.807, 2.05) is 38.1 Å². The number of hydrogen-bond acceptors (Lipinski definition) is 4. The summed E-state index contributed by atoms with van der Waals surface area (Å²) in [5, 5.41) is 5.84. The van der Waals surface area contributed by atoms with Crippen molar-refractivity contribution < 1.29 is 18.7 Å². The van der Waals surface area contributed by atoms with Crippen LogP contribution in [0.15, 0.2) is 48.5 Å².